The fourth-order valence-corrected chi connectivity index (χ4v) is 2.15. The van der Waals surface area contributed by atoms with Crippen molar-refractivity contribution < 1.29 is 23.1 Å². The third-order valence-corrected chi connectivity index (χ3v) is 3.51. The zero-order valence-corrected chi connectivity index (χ0v) is 13.2. The van der Waals surface area contributed by atoms with Gasteiger partial charge in [-0.05, 0) is 30.2 Å². The SMILES string of the molecule is Cc1ccn(Cc2cccnc2)c(=O)c1C(=O)NCC(O)C(F)(F)F. The molecular formula is C16H16F3N3O3. The molecule has 1 atom stereocenters. The summed E-state index contributed by atoms with van der Waals surface area (Å²) in [6.45, 7) is 0.641. The highest BCUT2D eigenvalue weighted by molar-refractivity contribution is 5.95. The van der Waals surface area contributed by atoms with E-state index in [2.05, 4.69) is 4.98 Å². The topological polar surface area (TPSA) is 84.2 Å². The first-order valence-electron chi connectivity index (χ1n) is 7.32. The van der Waals surface area contributed by atoms with Gasteiger partial charge in [0.05, 0.1) is 13.1 Å². The van der Waals surface area contributed by atoms with Crippen LogP contribution in [-0.2, 0) is 6.54 Å². The number of nitrogens with zero attached hydrogens (tertiary/aromatic N) is 2. The van der Waals surface area contributed by atoms with Crippen LogP contribution in [-0.4, -0.2) is 39.4 Å². The number of hydrogen-bond donors (Lipinski definition) is 2. The largest absolute Gasteiger partial charge is 0.416 e. The Bertz CT molecular complexity index is 804. The number of pyridine rings is 2. The second kappa shape index (κ2) is 7.47. The van der Waals surface area contributed by atoms with Gasteiger partial charge < -0.3 is 15.0 Å². The number of nitrogens with one attached hydrogen (secondary N) is 1. The van der Waals surface area contributed by atoms with Crippen molar-refractivity contribution in [1.82, 2.24) is 14.9 Å². The molecule has 2 aromatic rings. The molecule has 0 aliphatic rings. The van der Waals surface area contributed by atoms with Crippen molar-refractivity contribution in [2.75, 3.05) is 6.54 Å². The Morgan fingerprint density at radius 2 is 2.12 bits per heavy atom. The maximum absolute atomic E-state index is 12.5. The second-order valence-corrected chi connectivity index (χ2v) is 5.44. The summed E-state index contributed by atoms with van der Waals surface area (Å²) in [7, 11) is 0. The third-order valence-electron chi connectivity index (χ3n) is 3.51. The van der Waals surface area contributed by atoms with E-state index < -0.39 is 30.3 Å². The summed E-state index contributed by atoms with van der Waals surface area (Å²) in [5, 5.41) is 10.9. The van der Waals surface area contributed by atoms with Crippen molar-refractivity contribution in [2.45, 2.75) is 25.7 Å². The maximum atomic E-state index is 12.5. The molecule has 9 heteroatoms. The molecule has 0 bridgehead atoms. The fraction of sp³-hybridized carbons (Fsp3) is 0.312. The summed E-state index contributed by atoms with van der Waals surface area (Å²) in [4.78, 5) is 28.5. The predicted octanol–water partition coefficient (Wildman–Crippen LogP) is 1.25. The molecule has 25 heavy (non-hydrogen) atoms. The molecule has 0 fully saturated rings. The zero-order valence-electron chi connectivity index (χ0n) is 13.2. The minimum atomic E-state index is -4.85. The van der Waals surface area contributed by atoms with Gasteiger partial charge in [0.25, 0.3) is 11.5 Å². The van der Waals surface area contributed by atoms with Crippen LogP contribution < -0.4 is 10.9 Å². The summed E-state index contributed by atoms with van der Waals surface area (Å²) in [5.74, 6) is -0.966. The summed E-state index contributed by atoms with van der Waals surface area (Å²) in [6.07, 6.45) is -2.91. The molecule has 6 nitrogen and oxygen atoms in total. The van der Waals surface area contributed by atoms with Crippen molar-refractivity contribution in [2.24, 2.45) is 0 Å². The summed E-state index contributed by atoms with van der Waals surface area (Å²) in [5.41, 5.74) is 0.155. The monoisotopic (exact) mass is 355 g/mol. The molecule has 0 saturated carbocycles. The lowest BCUT2D eigenvalue weighted by Gasteiger charge is -2.16. The van der Waals surface area contributed by atoms with Gasteiger partial charge >= 0.3 is 6.18 Å². The Morgan fingerprint density at radius 3 is 2.72 bits per heavy atom. The van der Waals surface area contributed by atoms with Crippen molar-refractivity contribution in [3.05, 3.63) is 63.8 Å². The van der Waals surface area contributed by atoms with Crippen LogP contribution in [0.15, 0.2) is 41.6 Å². The van der Waals surface area contributed by atoms with Gasteiger partial charge in [-0.3, -0.25) is 14.6 Å². The molecule has 2 heterocycles. The molecular weight excluding hydrogens is 339 g/mol. The van der Waals surface area contributed by atoms with E-state index in [4.69, 9.17) is 5.11 Å². The molecule has 1 unspecified atom stereocenters. The van der Waals surface area contributed by atoms with Gasteiger partial charge in [-0.25, -0.2) is 0 Å². The van der Waals surface area contributed by atoms with E-state index in [0.717, 1.165) is 5.56 Å². The van der Waals surface area contributed by atoms with E-state index in [-0.39, 0.29) is 12.1 Å². The average Bonchev–Trinajstić information content (AvgIpc) is 2.55. The highest BCUT2D eigenvalue weighted by Crippen LogP contribution is 2.19. The lowest BCUT2D eigenvalue weighted by atomic mass is 10.1. The minimum absolute atomic E-state index is 0.165. The van der Waals surface area contributed by atoms with Crippen LogP contribution in [0.3, 0.4) is 0 Å². The number of aromatic nitrogens is 2. The van der Waals surface area contributed by atoms with Gasteiger partial charge in [-0.15, -0.1) is 0 Å². The van der Waals surface area contributed by atoms with Gasteiger partial charge in [0.15, 0.2) is 6.10 Å². The van der Waals surface area contributed by atoms with Gasteiger partial charge in [-0.1, -0.05) is 6.07 Å². The first-order chi connectivity index (χ1) is 11.7. The van der Waals surface area contributed by atoms with Crippen LogP contribution in [0.4, 0.5) is 13.2 Å². The van der Waals surface area contributed by atoms with Gasteiger partial charge in [0, 0.05) is 18.6 Å². The lowest BCUT2D eigenvalue weighted by Crippen LogP contribution is -2.42. The molecule has 0 spiro atoms. The number of rotatable bonds is 5. The smallest absolute Gasteiger partial charge is 0.382 e. The van der Waals surface area contributed by atoms with E-state index in [1.165, 1.54) is 23.8 Å². The molecule has 2 N–H and O–H groups in total. The average molecular weight is 355 g/mol. The number of carbonyl (C=O) groups excluding carboxylic acids is 1. The Balaban J connectivity index is 2.21. The number of amides is 1. The van der Waals surface area contributed by atoms with Crippen LogP contribution in [0.25, 0.3) is 0 Å². The first kappa shape index (κ1) is 18.7. The highest BCUT2D eigenvalue weighted by atomic mass is 19.4. The number of aliphatic hydroxyl groups is 1. The number of alkyl halides is 3. The van der Waals surface area contributed by atoms with Crippen LogP contribution in [0.5, 0.6) is 0 Å². The Morgan fingerprint density at radius 1 is 1.40 bits per heavy atom. The molecule has 0 aromatic carbocycles. The Hall–Kier alpha value is -2.68. The Kier molecular flexibility index (Phi) is 5.58. The summed E-state index contributed by atoms with van der Waals surface area (Å²) < 4.78 is 38.1. The minimum Gasteiger partial charge on any atom is -0.382 e. The molecule has 2 rings (SSSR count). The molecule has 0 radical (unpaired) electrons. The van der Waals surface area contributed by atoms with Gasteiger partial charge in [0.2, 0.25) is 0 Å². The Labute approximate surface area is 140 Å². The molecule has 134 valence electrons. The van der Waals surface area contributed by atoms with Gasteiger partial charge in [0.1, 0.15) is 5.56 Å². The van der Waals surface area contributed by atoms with E-state index in [1.807, 2.05) is 5.32 Å². The highest BCUT2D eigenvalue weighted by Gasteiger charge is 2.38. The maximum Gasteiger partial charge on any atom is 0.416 e. The molecule has 2 aromatic heterocycles. The van der Waals surface area contributed by atoms with Crippen molar-refractivity contribution in [3.63, 3.8) is 0 Å². The van der Waals surface area contributed by atoms with Crippen molar-refractivity contribution >= 4 is 5.91 Å². The van der Waals surface area contributed by atoms with Crippen molar-refractivity contribution in [3.8, 4) is 0 Å². The third kappa shape index (κ3) is 4.66. The molecule has 0 aliphatic heterocycles. The number of hydrogen-bond acceptors (Lipinski definition) is 4. The van der Waals surface area contributed by atoms with E-state index in [9.17, 15) is 22.8 Å². The molecule has 1 amide bonds. The second-order valence-electron chi connectivity index (χ2n) is 5.44. The van der Waals surface area contributed by atoms with Crippen LogP contribution >= 0.6 is 0 Å². The van der Waals surface area contributed by atoms with Gasteiger partial charge in [-0.2, -0.15) is 13.2 Å². The van der Waals surface area contributed by atoms with Crippen molar-refractivity contribution in [1.29, 1.82) is 0 Å². The zero-order chi connectivity index (χ0) is 18.6. The number of carbonyl (C=O) groups is 1. The normalized spacial score (nSPS) is 12.7. The lowest BCUT2D eigenvalue weighted by molar-refractivity contribution is -0.201. The van der Waals surface area contributed by atoms with E-state index >= 15 is 0 Å². The quantitative estimate of drug-likeness (QED) is 0.846. The summed E-state index contributed by atoms with van der Waals surface area (Å²) >= 11 is 0. The summed E-state index contributed by atoms with van der Waals surface area (Å²) in [6, 6.07) is 4.96. The van der Waals surface area contributed by atoms with E-state index in [0.29, 0.717) is 5.56 Å². The van der Waals surface area contributed by atoms with Crippen LogP contribution in [0.1, 0.15) is 21.5 Å². The molecule has 0 aliphatic carbocycles. The fourth-order valence-electron chi connectivity index (χ4n) is 2.15. The number of aliphatic hydroxyl groups excluding tert-OH is 1. The number of aryl methyl sites for hydroxylation is 1. The van der Waals surface area contributed by atoms with Crippen LogP contribution in [0.2, 0.25) is 0 Å². The van der Waals surface area contributed by atoms with Crippen LogP contribution in [0, 0.1) is 6.92 Å². The standard InChI is InChI=1S/C16H16F3N3O3/c1-10-4-6-22(9-11-3-2-5-20-7-11)15(25)13(10)14(24)21-8-12(23)16(17,18)19/h2-7,12,23H,8-9H2,1H3,(H,21,24). The predicted molar refractivity (Wildman–Crippen MR) is 83.2 cm³/mol. The first-order valence-corrected chi connectivity index (χ1v) is 7.32. The molecule has 0 saturated heterocycles. The van der Waals surface area contributed by atoms with E-state index in [1.54, 1.807) is 24.5 Å². The number of halogens is 3.